The number of ether oxygens (including phenoxy) is 2. The summed E-state index contributed by atoms with van der Waals surface area (Å²) in [6, 6.07) is 9.51. The van der Waals surface area contributed by atoms with Crippen LogP contribution in [0, 0.1) is 0 Å². The van der Waals surface area contributed by atoms with E-state index in [9.17, 15) is 5.11 Å². The number of benzene rings is 1. The van der Waals surface area contributed by atoms with E-state index < -0.39 is 6.10 Å². The zero-order valence-corrected chi connectivity index (χ0v) is 16.6. The number of hydrogen-bond donors (Lipinski definition) is 1. The van der Waals surface area contributed by atoms with E-state index in [1.807, 2.05) is 30.3 Å². The molecule has 1 aliphatic heterocycles. The molecule has 0 spiro atoms. The Balaban J connectivity index is 0.00000261. The number of halogens is 1. The summed E-state index contributed by atoms with van der Waals surface area (Å²) in [5, 5.41) is 14.3. The van der Waals surface area contributed by atoms with Crippen molar-refractivity contribution in [2.45, 2.75) is 38.4 Å². The van der Waals surface area contributed by atoms with E-state index in [4.69, 9.17) is 14.0 Å². The summed E-state index contributed by atoms with van der Waals surface area (Å²) in [6.45, 7) is 3.43. The Kier molecular flexibility index (Phi) is 9.07. The lowest BCUT2D eigenvalue weighted by Crippen LogP contribution is -2.35. The lowest BCUT2D eigenvalue weighted by atomic mass is 10.1. The van der Waals surface area contributed by atoms with E-state index in [2.05, 4.69) is 10.1 Å². The van der Waals surface area contributed by atoms with Gasteiger partial charge >= 0.3 is 0 Å². The smallest absolute Gasteiger partial charge is 0.163 e. The zero-order chi connectivity index (χ0) is 18.2. The van der Waals surface area contributed by atoms with Gasteiger partial charge < -0.3 is 24.0 Å². The summed E-state index contributed by atoms with van der Waals surface area (Å²) in [5.74, 6) is 1.46. The average Bonchev–Trinajstić information content (AvgIpc) is 2.98. The highest BCUT2D eigenvalue weighted by molar-refractivity contribution is 5.85. The second-order valence-corrected chi connectivity index (χ2v) is 6.79. The van der Waals surface area contributed by atoms with E-state index >= 15 is 0 Å². The maximum Gasteiger partial charge on any atom is 0.163 e. The maximum absolute atomic E-state index is 10.2. The van der Waals surface area contributed by atoms with Crippen molar-refractivity contribution in [3.63, 3.8) is 0 Å². The standard InChI is InChI=1S/C20H28N2O4.ClH/c1-24-18-8-6-16(7-9-18)20-12-19(26-21-20)15-25-14-17(23)13-22-10-4-2-3-5-11-22;/h6-9,12,17,23H,2-5,10-11,13-15H2,1H3;1H. The van der Waals surface area contributed by atoms with Crippen LogP contribution in [-0.2, 0) is 11.3 Å². The SMILES string of the molecule is COc1ccc(-c2cc(COCC(O)CN3CCCCCC3)on2)cc1.Cl. The highest BCUT2D eigenvalue weighted by Gasteiger charge is 2.14. The lowest BCUT2D eigenvalue weighted by molar-refractivity contribution is 0.00430. The van der Waals surface area contributed by atoms with Crippen molar-refractivity contribution in [2.75, 3.05) is 33.4 Å². The number of rotatable bonds is 8. The van der Waals surface area contributed by atoms with Crippen LogP contribution in [0.5, 0.6) is 5.75 Å². The molecule has 0 saturated carbocycles. The quantitative estimate of drug-likeness (QED) is 0.736. The van der Waals surface area contributed by atoms with Crippen LogP contribution in [0.3, 0.4) is 0 Å². The van der Waals surface area contributed by atoms with Crippen LogP contribution in [0.4, 0.5) is 0 Å². The van der Waals surface area contributed by atoms with Gasteiger partial charge in [0, 0.05) is 18.2 Å². The molecular weight excluding hydrogens is 368 g/mol. The molecule has 1 fully saturated rings. The summed E-state index contributed by atoms with van der Waals surface area (Å²) in [6.07, 6.45) is 4.56. The highest BCUT2D eigenvalue weighted by atomic mass is 35.5. The Hall–Kier alpha value is -1.60. The molecule has 2 aromatic rings. The molecule has 3 rings (SSSR count). The molecule has 0 radical (unpaired) electrons. The number of β-amino-alcohol motifs (C(OH)–C–C–N with tert-alkyl or cyclic N) is 1. The molecule has 0 amide bonds. The molecule has 27 heavy (non-hydrogen) atoms. The van der Waals surface area contributed by atoms with Gasteiger partial charge in [0.25, 0.3) is 0 Å². The van der Waals surface area contributed by atoms with E-state index in [-0.39, 0.29) is 12.4 Å². The largest absolute Gasteiger partial charge is 0.497 e. The first-order chi connectivity index (χ1) is 12.7. The Morgan fingerprint density at radius 3 is 2.52 bits per heavy atom. The Morgan fingerprint density at radius 2 is 1.85 bits per heavy atom. The first-order valence-corrected chi connectivity index (χ1v) is 9.33. The third-order valence-electron chi connectivity index (χ3n) is 4.67. The molecule has 1 unspecified atom stereocenters. The van der Waals surface area contributed by atoms with E-state index in [0.717, 1.165) is 30.1 Å². The second kappa shape index (κ2) is 11.3. The monoisotopic (exact) mass is 396 g/mol. The minimum Gasteiger partial charge on any atom is -0.497 e. The van der Waals surface area contributed by atoms with Gasteiger partial charge in [-0.2, -0.15) is 0 Å². The van der Waals surface area contributed by atoms with E-state index in [1.54, 1.807) is 7.11 Å². The fraction of sp³-hybridized carbons (Fsp3) is 0.550. The zero-order valence-electron chi connectivity index (χ0n) is 15.8. The summed E-state index contributed by atoms with van der Waals surface area (Å²) < 4.78 is 16.1. The second-order valence-electron chi connectivity index (χ2n) is 6.79. The number of aliphatic hydroxyl groups is 1. The van der Waals surface area contributed by atoms with Gasteiger partial charge in [0.2, 0.25) is 0 Å². The van der Waals surface area contributed by atoms with Crippen LogP contribution in [0.2, 0.25) is 0 Å². The number of likely N-dealkylation sites (tertiary alicyclic amines) is 1. The van der Waals surface area contributed by atoms with Crippen molar-refractivity contribution in [1.29, 1.82) is 0 Å². The molecule has 1 N–H and O–H groups in total. The minimum absolute atomic E-state index is 0. The predicted molar refractivity (Wildman–Crippen MR) is 106 cm³/mol. The summed E-state index contributed by atoms with van der Waals surface area (Å²) in [7, 11) is 1.64. The number of aliphatic hydroxyl groups excluding tert-OH is 1. The van der Waals surface area contributed by atoms with Crippen LogP contribution >= 0.6 is 12.4 Å². The first-order valence-electron chi connectivity index (χ1n) is 9.33. The number of methoxy groups -OCH3 is 1. The summed E-state index contributed by atoms with van der Waals surface area (Å²) in [5.41, 5.74) is 1.72. The van der Waals surface area contributed by atoms with Crippen LogP contribution < -0.4 is 4.74 Å². The maximum atomic E-state index is 10.2. The number of nitrogens with zero attached hydrogens (tertiary/aromatic N) is 2. The normalized spacial score (nSPS) is 16.4. The van der Waals surface area contributed by atoms with E-state index in [1.165, 1.54) is 25.7 Å². The molecule has 6 nitrogen and oxygen atoms in total. The third-order valence-corrected chi connectivity index (χ3v) is 4.67. The van der Waals surface area contributed by atoms with Gasteiger partial charge in [-0.3, -0.25) is 0 Å². The van der Waals surface area contributed by atoms with Gasteiger partial charge in [0.05, 0.1) is 19.8 Å². The van der Waals surface area contributed by atoms with Crippen LogP contribution in [0.1, 0.15) is 31.4 Å². The molecule has 7 heteroatoms. The molecule has 1 atom stereocenters. The molecule has 1 saturated heterocycles. The minimum atomic E-state index is -0.475. The van der Waals surface area contributed by atoms with Gasteiger partial charge in [-0.25, -0.2) is 0 Å². The fourth-order valence-electron chi connectivity index (χ4n) is 3.24. The summed E-state index contributed by atoms with van der Waals surface area (Å²) in [4.78, 5) is 2.33. The highest BCUT2D eigenvalue weighted by Crippen LogP contribution is 2.22. The predicted octanol–water partition coefficient (Wildman–Crippen LogP) is 3.53. The Morgan fingerprint density at radius 1 is 1.15 bits per heavy atom. The van der Waals surface area contributed by atoms with Gasteiger partial charge in [-0.1, -0.05) is 18.0 Å². The number of hydrogen-bond acceptors (Lipinski definition) is 6. The van der Waals surface area contributed by atoms with Gasteiger partial charge in [0.1, 0.15) is 18.1 Å². The van der Waals surface area contributed by atoms with Crippen molar-refractivity contribution < 1.29 is 19.1 Å². The molecule has 150 valence electrons. The van der Waals surface area contributed by atoms with Crippen molar-refractivity contribution in [3.8, 4) is 17.0 Å². The molecule has 0 bridgehead atoms. The van der Waals surface area contributed by atoms with Crippen LogP contribution in [0.15, 0.2) is 34.9 Å². The topological polar surface area (TPSA) is 68.0 Å². The lowest BCUT2D eigenvalue weighted by Gasteiger charge is -2.22. The molecule has 2 heterocycles. The van der Waals surface area contributed by atoms with Crippen molar-refractivity contribution in [1.82, 2.24) is 10.1 Å². The first kappa shape index (κ1) is 21.7. The number of aromatic nitrogens is 1. The van der Waals surface area contributed by atoms with Gasteiger partial charge in [-0.15, -0.1) is 12.4 Å². The van der Waals surface area contributed by atoms with E-state index in [0.29, 0.717) is 25.5 Å². The Labute approximate surface area is 166 Å². The van der Waals surface area contributed by atoms with Crippen molar-refractivity contribution in [2.24, 2.45) is 0 Å². The molecule has 1 aromatic carbocycles. The van der Waals surface area contributed by atoms with Crippen LogP contribution in [-0.4, -0.2) is 54.6 Å². The molecular formula is C20H29ClN2O4. The fourth-order valence-corrected chi connectivity index (χ4v) is 3.24. The molecule has 0 aliphatic carbocycles. The van der Waals surface area contributed by atoms with Gasteiger partial charge in [0.15, 0.2) is 5.76 Å². The third kappa shape index (κ3) is 6.81. The molecule has 1 aliphatic rings. The summed E-state index contributed by atoms with van der Waals surface area (Å²) >= 11 is 0. The van der Waals surface area contributed by atoms with Crippen molar-refractivity contribution >= 4 is 12.4 Å². The van der Waals surface area contributed by atoms with Gasteiger partial charge in [-0.05, 0) is 50.2 Å². The van der Waals surface area contributed by atoms with Crippen molar-refractivity contribution in [3.05, 3.63) is 36.1 Å². The Bertz CT molecular complexity index is 654. The molecule has 1 aromatic heterocycles. The average molecular weight is 397 g/mol. The van der Waals surface area contributed by atoms with Crippen LogP contribution in [0.25, 0.3) is 11.3 Å².